The van der Waals surface area contributed by atoms with Gasteiger partial charge in [0.05, 0.1) is 6.42 Å². The van der Waals surface area contributed by atoms with Gasteiger partial charge in [0.15, 0.2) is 0 Å². The number of aryl methyl sites for hydroxylation is 1. The number of aliphatic carboxylic acids is 1. The Balaban J connectivity index is -0.00000101. The summed E-state index contributed by atoms with van der Waals surface area (Å²) in [7, 11) is 22.2. The molecular weight excluding hydrogens is 1640 g/mol. The highest BCUT2D eigenvalue weighted by molar-refractivity contribution is 8.26. The molecule has 0 amide bonds. The zero-order valence-corrected chi connectivity index (χ0v) is 67.4. The van der Waals surface area contributed by atoms with Gasteiger partial charge in [-0.2, -0.15) is 0 Å². The van der Waals surface area contributed by atoms with Gasteiger partial charge >= 0.3 is 17.4 Å². The highest BCUT2D eigenvalue weighted by Gasteiger charge is 2.17. The van der Waals surface area contributed by atoms with E-state index in [1.54, 1.807) is 38.1 Å². The molecule has 1 aliphatic carbocycles. The normalized spacial score (nSPS) is 5.85. The topological polar surface area (TPSA) is 71.4 Å². The molecule has 0 bridgehead atoms. The quantitative estimate of drug-likeness (QED) is 0.141. The van der Waals surface area contributed by atoms with Crippen LogP contribution in [-0.4, -0.2) is 32.5 Å². The largest absolute Gasteiger partial charge is 0.643 e. The number of carbonyl (C=O) groups is 2. The number of carboxylic acid groups (broad SMARTS) is 1. The summed E-state index contributed by atoms with van der Waals surface area (Å²) in [5.41, 5.74) is 2.93. The van der Waals surface area contributed by atoms with E-state index in [1.165, 1.54) is 5.56 Å². The Hall–Kier alpha value is -18.0. The Morgan fingerprint density at radius 3 is 0.639 bits per heavy atom. The summed E-state index contributed by atoms with van der Waals surface area (Å²) in [4.78, 5) is 21.4. The third-order valence-electron chi connectivity index (χ3n) is 8.75. The molecule has 1 N–H and O–H groups in total. The van der Waals surface area contributed by atoms with Crippen molar-refractivity contribution in [3.05, 3.63) is 82.4 Å². The molecule has 2 aromatic rings. The molecule has 0 spiro atoms. The van der Waals surface area contributed by atoms with Crippen LogP contribution in [0.25, 0.3) is 0 Å². The summed E-state index contributed by atoms with van der Waals surface area (Å²) >= 11 is 9.94. The SMILES string of the molecule is C.C.C=C.CC#CC#CC#CC#CC#CC#CC#CC#CC#CC#CC#CC#CC#CC#CC#CC#CC#CC#CC#CC#CC#CC#CC#CC#CC#CC#CC#CC#CC#CC#CC#CC#CC#CC#CC#CC#CC#CC#CC#CC#CC#CC.O=C(O)Cc1ccccc1Cl.O=C1CCc2cccc(Cl)c2C1.O=S(Cl)Cl.[Cl][Al]([Cl])[Cl]. The number of carboxylic acids is 1. The molecule has 0 unspecified atom stereocenters. The monoisotopic (exact) mass is 1670 g/mol. The Kier molecular flexibility index (Phi) is 86.7. The highest BCUT2D eigenvalue weighted by Crippen LogP contribution is 2.26. The Morgan fingerprint density at radius 2 is 0.479 bits per heavy atom. The molecule has 0 heterocycles. The molecule has 0 saturated heterocycles. The van der Waals surface area contributed by atoms with Crippen molar-refractivity contribution in [1.29, 1.82) is 0 Å². The fourth-order valence-corrected chi connectivity index (χ4v) is 5.43. The maximum atomic E-state index is 11.1. The molecule has 0 saturated carbocycles. The Labute approximate surface area is 741 Å². The van der Waals surface area contributed by atoms with Crippen LogP contribution in [0.1, 0.15) is 51.8 Å². The fourth-order valence-electron chi connectivity index (χ4n) is 4.96. The van der Waals surface area contributed by atoms with E-state index in [0.29, 0.717) is 29.2 Å². The Bertz CT molecular complexity index is 6830. The molecule has 540 valence electrons. The Morgan fingerprint density at radius 1 is 0.319 bits per heavy atom. The summed E-state index contributed by atoms with van der Waals surface area (Å²) in [6.45, 7) is 9.37. The van der Waals surface area contributed by atoms with Gasteiger partial charge in [0.1, 0.15) is 5.78 Å². The number of hydrogen-bond acceptors (Lipinski definition) is 3. The minimum absolute atomic E-state index is 0. The molecule has 0 aliphatic heterocycles. The van der Waals surface area contributed by atoms with Gasteiger partial charge in [0.25, 0.3) is 0 Å². The highest BCUT2D eigenvalue weighted by atomic mass is 36.0. The number of ketones is 1. The smallest absolute Gasteiger partial charge is 0.481 e. The van der Waals surface area contributed by atoms with Crippen LogP contribution < -0.4 is 0 Å². The van der Waals surface area contributed by atoms with Crippen molar-refractivity contribution in [2.24, 2.45) is 0 Å². The van der Waals surface area contributed by atoms with Gasteiger partial charge in [-0.3, -0.25) is 9.59 Å². The predicted octanol–water partition coefficient (Wildman–Crippen LogP) is 10.3. The molecule has 4 nitrogen and oxygen atoms in total. The number of carbonyl (C=O) groups excluding carboxylic acids is 1. The lowest BCUT2D eigenvalue weighted by Gasteiger charge is -2.15. The minimum Gasteiger partial charge on any atom is -0.481 e. The van der Waals surface area contributed by atoms with Crippen LogP contribution in [0.15, 0.2) is 55.6 Å². The number of Topliss-reactive ketones (excluding diaryl/α,β-unsaturated/α-hetero) is 1. The zero-order valence-electron chi connectivity index (χ0n) is 60.1. The first-order valence-electron chi connectivity index (χ1n) is 30.1. The third kappa shape index (κ3) is 94.1. The van der Waals surface area contributed by atoms with E-state index in [9.17, 15) is 9.59 Å². The van der Waals surface area contributed by atoms with Crippen LogP contribution in [0, 0.1) is 485 Å². The fraction of sp³-hybridized carbons (Fsp3) is 0.0755. The van der Waals surface area contributed by atoms with E-state index in [4.69, 9.17) is 62.7 Å². The average Bonchev–Trinajstić information content (AvgIpc) is 0.827. The second kappa shape index (κ2) is 94.2. The van der Waals surface area contributed by atoms with E-state index in [2.05, 4.69) is 520 Å². The first kappa shape index (κ1) is 110. The summed E-state index contributed by atoms with van der Waals surface area (Å²) in [6.07, 6.45) is 2.04. The van der Waals surface area contributed by atoms with Crippen LogP contribution >= 0.6 is 74.7 Å². The molecular formula is C106H34AlCl7O4S. The van der Waals surface area contributed by atoms with Crippen molar-refractivity contribution < 1.29 is 18.9 Å². The predicted molar refractivity (Wildman–Crippen MR) is 489 cm³/mol. The molecule has 3 rings (SSSR count). The molecule has 0 aromatic heterocycles. The van der Waals surface area contributed by atoms with Crippen LogP contribution in [0.3, 0.4) is 0 Å². The van der Waals surface area contributed by atoms with Gasteiger partial charge in [-0.15, -0.1) is 13.2 Å². The number of hydrogen-bond donors (Lipinski definition) is 1. The molecule has 119 heavy (non-hydrogen) atoms. The first-order chi connectivity index (χ1) is 57.3. The molecule has 1 aliphatic rings. The number of fused-ring (bicyclic) bond motifs is 1. The summed E-state index contributed by atoms with van der Waals surface area (Å²) in [5, 5.41) is 9.68. The summed E-state index contributed by atoms with van der Waals surface area (Å²) in [6, 6.07) is 12.8. The maximum absolute atomic E-state index is 11.1. The summed E-state index contributed by atoms with van der Waals surface area (Å²) < 4.78 is 9.09. The van der Waals surface area contributed by atoms with Gasteiger partial charge in [-0.25, -0.2) is 34.4 Å². The number of rotatable bonds is 2. The standard InChI is InChI=1S/C84H6.C10H9ClO.C8H7ClO2.C2H4.2CH4.Al.Cl2OS.3ClH/c1-3-5-7-9-11-13-15-17-19-21-23-25-27-29-31-33-35-37-39-41-43-45-47-49-51-53-55-57-59-61-63-65-67-69-71-73-75-77-79-81-83-84-82-80-78-76-74-72-70-68-66-64-62-60-58-56-54-52-50-48-46-44-42-40-38-36-34-32-30-28-26-24-22-20-18-16-14-12-10-8-6-4-2;11-10-3-1-2-7-4-5-8(12)6-9(7)10;9-7-4-2-1-3-6(7)5-8(10)11;1-2;;;;1-4(2)3;;;/h1-2H3;1-3H,4-6H2;1-4H,5H2,(H,10,11);1-2H2;2*1H4;;;3*1H/q;;;;;;+3;;;;/p-3. The minimum atomic E-state index is -1.72. The molecule has 13 heteroatoms. The zero-order chi connectivity index (χ0) is 86.0. The van der Waals surface area contributed by atoms with Crippen LogP contribution in [-0.2, 0) is 38.1 Å². The van der Waals surface area contributed by atoms with Crippen LogP contribution in [0.2, 0.25) is 10.0 Å². The van der Waals surface area contributed by atoms with Gasteiger partial charge in [-0.05, 0) is 144 Å². The molecule has 2 aromatic carbocycles. The summed E-state index contributed by atoms with van der Waals surface area (Å²) in [5.74, 6) is 205. The van der Waals surface area contributed by atoms with Crippen molar-refractivity contribution in [2.75, 3.05) is 0 Å². The van der Waals surface area contributed by atoms with E-state index in [0.717, 1.165) is 17.0 Å². The first-order valence-corrected chi connectivity index (χ1v) is 38.9. The van der Waals surface area contributed by atoms with E-state index in [-0.39, 0.29) is 21.3 Å². The average molecular weight is 1680 g/mol. The van der Waals surface area contributed by atoms with Crippen molar-refractivity contribution in [1.82, 2.24) is 0 Å². The van der Waals surface area contributed by atoms with E-state index in [1.807, 2.05) is 18.2 Å². The van der Waals surface area contributed by atoms with Gasteiger partial charge in [0.2, 0.25) is 9.23 Å². The van der Waals surface area contributed by atoms with Crippen LogP contribution in [0.5, 0.6) is 0 Å². The van der Waals surface area contributed by atoms with Gasteiger partial charge < -0.3 is 5.11 Å². The van der Waals surface area contributed by atoms with Crippen molar-refractivity contribution in [3.63, 3.8) is 0 Å². The van der Waals surface area contributed by atoms with Crippen molar-refractivity contribution >= 4 is 107 Å². The van der Waals surface area contributed by atoms with Gasteiger partial charge in [-0.1, -0.05) is 80.2 Å². The van der Waals surface area contributed by atoms with Crippen molar-refractivity contribution in [2.45, 2.75) is 54.4 Å². The lowest BCUT2D eigenvalue weighted by molar-refractivity contribution is -0.136. The van der Waals surface area contributed by atoms with Gasteiger partial charge in [0, 0.05) is 423 Å². The van der Waals surface area contributed by atoms with E-state index < -0.39 is 26.6 Å². The lowest BCUT2D eigenvalue weighted by Crippen LogP contribution is -2.13. The second-order valence-electron chi connectivity index (χ2n) is 16.2. The van der Waals surface area contributed by atoms with Crippen LogP contribution in [0.4, 0.5) is 0 Å². The number of halogens is 7. The molecule has 0 fully saturated rings. The maximum Gasteiger partial charge on any atom is 0.643 e. The molecule has 0 atom stereocenters. The van der Waals surface area contributed by atoms with E-state index >= 15 is 0 Å². The third-order valence-corrected chi connectivity index (χ3v) is 9.47. The second-order valence-corrected chi connectivity index (χ2v) is 26.0. The number of benzene rings is 2. The lowest BCUT2D eigenvalue weighted by atomic mass is 9.91. The van der Waals surface area contributed by atoms with Crippen molar-refractivity contribution in [3.8, 4) is 485 Å². The molecule has 0 radical (unpaired) electrons.